The van der Waals surface area contributed by atoms with E-state index in [4.69, 9.17) is 32.2 Å². The molecule has 5 aliphatic rings. The van der Waals surface area contributed by atoms with E-state index >= 15 is 4.39 Å². The molecule has 5 heterocycles. The predicted molar refractivity (Wildman–Crippen MR) is 144 cm³/mol. The molecule has 0 spiro atoms. The van der Waals surface area contributed by atoms with Gasteiger partial charge in [0.05, 0.1) is 17.3 Å². The van der Waals surface area contributed by atoms with Crippen molar-refractivity contribution in [1.29, 1.82) is 0 Å². The van der Waals surface area contributed by atoms with Gasteiger partial charge in [0.2, 0.25) is 5.83 Å². The lowest BCUT2D eigenvalue weighted by atomic mass is 9.94. The number of hydrogen-bond donors (Lipinski definition) is 2. The number of carbonyl (C=O) groups is 2. The molecule has 208 valence electrons. The maximum atomic E-state index is 16.0. The van der Waals surface area contributed by atoms with Crippen LogP contribution in [0.3, 0.4) is 0 Å². The van der Waals surface area contributed by atoms with Crippen molar-refractivity contribution in [3.05, 3.63) is 40.4 Å². The fourth-order valence-electron chi connectivity index (χ4n) is 5.79. The second-order valence-electron chi connectivity index (χ2n) is 10.6. The summed E-state index contributed by atoms with van der Waals surface area (Å²) < 4.78 is 21.8. The van der Waals surface area contributed by atoms with Crippen molar-refractivity contribution in [3.63, 3.8) is 0 Å². The van der Waals surface area contributed by atoms with E-state index in [-0.39, 0.29) is 42.9 Å². The molecule has 5 aliphatic heterocycles. The van der Waals surface area contributed by atoms with Gasteiger partial charge in [0.15, 0.2) is 24.4 Å². The van der Waals surface area contributed by atoms with Crippen LogP contribution >= 0.6 is 11.6 Å². The summed E-state index contributed by atoms with van der Waals surface area (Å²) in [5.41, 5.74) is 7.07. The van der Waals surface area contributed by atoms with Gasteiger partial charge in [-0.1, -0.05) is 11.6 Å². The Morgan fingerprint density at radius 1 is 1.21 bits per heavy atom. The first kappa shape index (κ1) is 25.9. The second-order valence-corrected chi connectivity index (χ2v) is 11.0. The molecular weight excluding hydrogens is 527 g/mol. The molecule has 2 amide bonds. The minimum absolute atomic E-state index is 0.0137. The molecule has 6 rings (SSSR count). The van der Waals surface area contributed by atoms with Crippen LogP contribution in [0.25, 0.3) is 0 Å². The van der Waals surface area contributed by atoms with E-state index in [1.54, 1.807) is 40.1 Å². The van der Waals surface area contributed by atoms with E-state index < -0.39 is 12.0 Å². The van der Waals surface area contributed by atoms with Crippen LogP contribution in [-0.4, -0.2) is 108 Å². The van der Waals surface area contributed by atoms with Crippen LogP contribution in [0.5, 0.6) is 5.75 Å². The van der Waals surface area contributed by atoms with Crippen LogP contribution < -0.4 is 15.8 Å². The van der Waals surface area contributed by atoms with Gasteiger partial charge in [0, 0.05) is 57.3 Å². The second kappa shape index (κ2) is 10.3. The minimum Gasteiger partial charge on any atom is -0.483 e. The van der Waals surface area contributed by atoms with Crippen molar-refractivity contribution < 1.29 is 18.7 Å². The third kappa shape index (κ3) is 4.80. The Balaban J connectivity index is 1.40. The van der Waals surface area contributed by atoms with Crippen LogP contribution in [-0.2, 0) is 4.79 Å². The number of hydrogen-bond acceptors (Lipinski definition) is 9. The summed E-state index contributed by atoms with van der Waals surface area (Å²) in [6.07, 6.45) is 2.56. The van der Waals surface area contributed by atoms with Gasteiger partial charge < -0.3 is 30.5 Å². The number of ether oxygens (including phenoxy) is 1. The van der Waals surface area contributed by atoms with E-state index in [1.807, 2.05) is 4.90 Å². The number of nitrogens with one attached hydrogen (secondary N) is 1. The standard InChI is InChI=1S/C26H32ClFN8O3/c1-33-9-7-30-22(37)14-39-20-6-5-15(27)10-17(20)26(38)35-8-3-2-4-19(35)18-11-21-31-24(34-12-16(29)13-34)23(28)25(33)36(21)32-18/h5-6,10,16,19,21H,2-4,7-9,11-14,29H2,1H3,(H,30,37)/t19-,21?/m0/s1. The summed E-state index contributed by atoms with van der Waals surface area (Å²) in [5, 5.41) is 9.72. The number of nitrogens with two attached hydrogens (primary N) is 1. The summed E-state index contributed by atoms with van der Waals surface area (Å²) in [7, 11) is 1.77. The molecular formula is C26H32ClFN8O3. The number of amidine groups is 1. The highest BCUT2D eigenvalue weighted by Gasteiger charge is 2.44. The van der Waals surface area contributed by atoms with Crippen molar-refractivity contribution >= 4 is 35.0 Å². The van der Waals surface area contributed by atoms with E-state index in [9.17, 15) is 9.59 Å². The van der Waals surface area contributed by atoms with Gasteiger partial charge in [0.25, 0.3) is 11.8 Å². The fraction of sp³-hybridized carbons (Fsp3) is 0.538. The van der Waals surface area contributed by atoms with Crippen LogP contribution in [0.2, 0.25) is 5.02 Å². The predicted octanol–water partition coefficient (Wildman–Crippen LogP) is 1.36. The molecule has 0 radical (unpaired) electrons. The molecule has 11 nitrogen and oxygen atoms in total. The zero-order chi connectivity index (χ0) is 27.3. The number of rotatable bonds is 0. The molecule has 0 aromatic heterocycles. The van der Waals surface area contributed by atoms with E-state index in [0.29, 0.717) is 54.8 Å². The van der Waals surface area contributed by atoms with Gasteiger partial charge in [-0.2, -0.15) is 9.49 Å². The average Bonchev–Trinajstić information content (AvgIpc) is 3.32. The summed E-state index contributed by atoms with van der Waals surface area (Å²) in [6.45, 7) is 1.94. The smallest absolute Gasteiger partial charge is 0.258 e. The van der Waals surface area contributed by atoms with Crippen molar-refractivity contribution in [1.82, 2.24) is 25.0 Å². The Kier molecular flexibility index (Phi) is 6.84. The first-order valence-electron chi connectivity index (χ1n) is 13.4. The number of nitrogens with zero attached hydrogens (tertiary/aromatic N) is 6. The Bertz CT molecular complexity index is 1280. The van der Waals surface area contributed by atoms with Crippen molar-refractivity contribution in [3.8, 4) is 5.75 Å². The lowest BCUT2D eigenvalue weighted by Crippen LogP contribution is -2.59. The zero-order valence-corrected chi connectivity index (χ0v) is 22.5. The maximum Gasteiger partial charge on any atom is 0.258 e. The molecule has 0 saturated carbocycles. The molecule has 39 heavy (non-hydrogen) atoms. The Hall–Kier alpha value is -3.38. The summed E-state index contributed by atoms with van der Waals surface area (Å²) in [4.78, 5) is 36.6. The molecule has 2 bridgehead atoms. The first-order valence-corrected chi connectivity index (χ1v) is 13.7. The Labute approximate surface area is 231 Å². The average molecular weight is 559 g/mol. The number of aliphatic imine (C=N–C) groups is 1. The molecule has 1 aromatic carbocycles. The number of likely N-dealkylation sites (N-methyl/N-ethyl adjacent to an activating group) is 1. The fourth-order valence-corrected chi connectivity index (χ4v) is 5.96. The molecule has 2 fully saturated rings. The number of benzene rings is 1. The monoisotopic (exact) mass is 558 g/mol. The van der Waals surface area contributed by atoms with Crippen molar-refractivity contribution in [2.24, 2.45) is 15.8 Å². The van der Waals surface area contributed by atoms with Gasteiger partial charge in [-0.25, -0.2) is 10.0 Å². The summed E-state index contributed by atoms with van der Waals surface area (Å²) in [5.74, 6) is -0.186. The van der Waals surface area contributed by atoms with E-state index in [1.165, 1.54) is 0 Å². The molecule has 0 aliphatic carbocycles. The molecule has 13 heteroatoms. The molecule has 1 unspecified atom stereocenters. The van der Waals surface area contributed by atoms with Crippen molar-refractivity contribution in [2.75, 3.05) is 46.4 Å². The topological polar surface area (TPSA) is 119 Å². The molecule has 3 N–H and O–H groups in total. The van der Waals surface area contributed by atoms with Gasteiger partial charge in [-0.15, -0.1) is 0 Å². The van der Waals surface area contributed by atoms with E-state index in [0.717, 1.165) is 25.0 Å². The van der Waals surface area contributed by atoms with Gasteiger partial charge in [-0.05, 0) is 37.5 Å². The van der Waals surface area contributed by atoms with Crippen molar-refractivity contribution in [2.45, 2.75) is 43.9 Å². The number of amides is 2. The SMILES string of the molecule is CN1CCNC(=O)COc2ccc(Cl)cc2C(=O)N2CCCC[C@H]2C2=NN3C1=C(F)C(N1CC(N)C1)=NC3C2. The highest BCUT2D eigenvalue weighted by Crippen LogP contribution is 2.36. The Morgan fingerprint density at radius 2 is 2.03 bits per heavy atom. The number of piperidine rings is 1. The number of hydrazone groups is 1. The largest absolute Gasteiger partial charge is 0.483 e. The Morgan fingerprint density at radius 3 is 2.82 bits per heavy atom. The van der Waals surface area contributed by atoms with Crippen LogP contribution in [0.1, 0.15) is 36.0 Å². The van der Waals surface area contributed by atoms with E-state index in [2.05, 4.69) is 5.32 Å². The third-order valence-corrected chi connectivity index (χ3v) is 8.05. The molecule has 2 saturated heterocycles. The number of halogens is 2. The zero-order valence-electron chi connectivity index (χ0n) is 21.8. The molecule has 2 atom stereocenters. The van der Waals surface area contributed by atoms with Crippen LogP contribution in [0, 0.1) is 0 Å². The highest BCUT2D eigenvalue weighted by atomic mass is 35.5. The van der Waals surface area contributed by atoms with Crippen LogP contribution in [0.15, 0.2) is 39.9 Å². The lowest BCUT2D eigenvalue weighted by Gasteiger charge is -2.42. The van der Waals surface area contributed by atoms with Gasteiger partial charge >= 0.3 is 0 Å². The molecule has 1 aromatic rings. The van der Waals surface area contributed by atoms with Gasteiger partial charge in [-0.3, -0.25) is 9.59 Å². The third-order valence-electron chi connectivity index (χ3n) is 7.81. The normalized spacial score (nSPS) is 26.4. The highest BCUT2D eigenvalue weighted by molar-refractivity contribution is 6.31. The summed E-state index contributed by atoms with van der Waals surface area (Å²) in [6, 6.07) is 4.54. The number of fused-ring (bicyclic) bond motifs is 3. The summed E-state index contributed by atoms with van der Waals surface area (Å²) >= 11 is 6.27. The minimum atomic E-state index is -0.471. The maximum absolute atomic E-state index is 16.0. The van der Waals surface area contributed by atoms with Crippen LogP contribution in [0.4, 0.5) is 4.39 Å². The quantitative estimate of drug-likeness (QED) is 0.493. The van der Waals surface area contributed by atoms with Gasteiger partial charge in [0.1, 0.15) is 5.75 Å². The lowest BCUT2D eigenvalue weighted by molar-refractivity contribution is -0.123. The number of likely N-dealkylation sites (tertiary alicyclic amines) is 1. The number of carbonyl (C=O) groups excluding carboxylic acids is 2. The first-order chi connectivity index (χ1) is 18.8.